The van der Waals surface area contributed by atoms with Crippen molar-refractivity contribution < 1.29 is 4.58 Å². The fourth-order valence-corrected chi connectivity index (χ4v) is 1.03. The van der Waals surface area contributed by atoms with Crippen LogP contribution < -0.4 is 0 Å². The van der Waals surface area contributed by atoms with Crippen molar-refractivity contribution in [2.24, 2.45) is 7.05 Å². The highest BCUT2D eigenvalue weighted by atomic mass is 15.0. The molecule has 1 aromatic heterocycles. The summed E-state index contributed by atoms with van der Waals surface area (Å²) < 4.78 is 3.95. The third kappa shape index (κ3) is 1.45. The fourth-order valence-electron chi connectivity index (χ4n) is 1.03. The second-order valence-electron chi connectivity index (χ2n) is 2.79. The van der Waals surface area contributed by atoms with Crippen LogP contribution in [0.25, 0.3) is 0 Å². The van der Waals surface area contributed by atoms with Crippen LogP contribution in [0.5, 0.6) is 0 Å². The molecular formula is C9H14N2. The molecule has 0 amide bonds. The molecule has 0 saturated carbocycles. The van der Waals surface area contributed by atoms with E-state index in [0.29, 0.717) is 0 Å². The summed E-state index contributed by atoms with van der Waals surface area (Å²) in [6, 6.07) is 4.11. The first-order valence-electron chi connectivity index (χ1n) is 3.62. The zero-order chi connectivity index (χ0) is 8.43. The van der Waals surface area contributed by atoms with Crippen LogP contribution in [0.1, 0.15) is 12.6 Å². The van der Waals surface area contributed by atoms with Gasteiger partial charge < -0.3 is 9.14 Å². The molecule has 0 aliphatic rings. The van der Waals surface area contributed by atoms with Gasteiger partial charge in [0, 0.05) is 18.9 Å². The zero-order valence-corrected chi connectivity index (χ0v) is 7.33. The highest BCUT2D eigenvalue weighted by Crippen LogP contribution is 2.00. The standard InChI is InChI=1S/C9H14N2/c1-8(10(2)3)9-6-5-7-11(9)4/h5-7H,2H2,1,3-4H3. The Morgan fingerprint density at radius 2 is 2.27 bits per heavy atom. The van der Waals surface area contributed by atoms with Gasteiger partial charge in [0.1, 0.15) is 7.05 Å². The Morgan fingerprint density at radius 3 is 2.64 bits per heavy atom. The second kappa shape index (κ2) is 2.82. The predicted octanol–water partition coefficient (Wildman–Crippen LogP) is 1.27. The highest BCUT2D eigenvalue weighted by molar-refractivity contribution is 5.93. The van der Waals surface area contributed by atoms with E-state index < -0.39 is 0 Å². The number of hydrogen-bond acceptors (Lipinski definition) is 0. The summed E-state index contributed by atoms with van der Waals surface area (Å²) >= 11 is 0. The van der Waals surface area contributed by atoms with E-state index in [9.17, 15) is 0 Å². The number of aryl methyl sites for hydroxylation is 1. The van der Waals surface area contributed by atoms with Crippen molar-refractivity contribution in [3.63, 3.8) is 0 Å². The van der Waals surface area contributed by atoms with Crippen molar-refractivity contribution in [3.8, 4) is 0 Å². The molecule has 0 atom stereocenters. The molecule has 2 heteroatoms. The molecule has 0 unspecified atom stereocenters. The lowest BCUT2D eigenvalue weighted by Crippen LogP contribution is -2.12. The summed E-state index contributed by atoms with van der Waals surface area (Å²) in [5, 5.41) is 0. The lowest BCUT2D eigenvalue weighted by atomic mass is 10.3. The first kappa shape index (κ1) is 7.92. The molecular weight excluding hydrogens is 136 g/mol. The van der Waals surface area contributed by atoms with Crippen LogP contribution in [-0.2, 0) is 7.05 Å². The van der Waals surface area contributed by atoms with E-state index in [4.69, 9.17) is 0 Å². The molecule has 60 valence electrons. The molecule has 1 rings (SSSR count). The number of hydrogen-bond donors (Lipinski definition) is 0. The van der Waals surface area contributed by atoms with Crippen LogP contribution in [0.4, 0.5) is 0 Å². The van der Waals surface area contributed by atoms with Gasteiger partial charge in [-0.1, -0.05) is 0 Å². The van der Waals surface area contributed by atoms with Gasteiger partial charge in [-0.05, 0) is 26.1 Å². The normalized spacial score (nSPS) is 13.0. The maximum atomic E-state index is 3.82. The minimum atomic E-state index is 1.18. The van der Waals surface area contributed by atoms with Crippen molar-refractivity contribution in [1.29, 1.82) is 0 Å². The molecule has 0 aliphatic carbocycles. The largest absolute Gasteiger partial charge is 0.367 e. The zero-order valence-electron chi connectivity index (χ0n) is 7.33. The highest BCUT2D eigenvalue weighted by Gasteiger charge is 1.98. The van der Waals surface area contributed by atoms with Gasteiger partial charge in [0.2, 0.25) is 0 Å². The maximum absolute atomic E-state index is 3.82. The number of nitrogens with zero attached hydrogens (tertiary/aromatic N) is 2. The van der Waals surface area contributed by atoms with Gasteiger partial charge in [-0.25, -0.2) is 0 Å². The molecule has 2 nitrogen and oxygen atoms in total. The summed E-state index contributed by atoms with van der Waals surface area (Å²) in [6.07, 6.45) is 2.03. The molecule has 0 aromatic carbocycles. The third-order valence-electron chi connectivity index (χ3n) is 1.89. The van der Waals surface area contributed by atoms with E-state index in [1.54, 1.807) is 0 Å². The third-order valence-corrected chi connectivity index (χ3v) is 1.89. The van der Waals surface area contributed by atoms with Gasteiger partial charge in [-0.2, -0.15) is 0 Å². The van der Waals surface area contributed by atoms with Crippen LogP contribution in [0.2, 0.25) is 0 Å². The summed E-state index contributed by atoms with van der Waals surface area (Å²) in [6.45, 7) is 2.06. The summed E-state index contributed by atoms with van der Waals surface area (Å²) in [5.41, 5.74) is 2.39. The Balaban J connectivity index is 3.12. The minimum absolute atomic E-state index is 1.18. The lowest BCUT2D eigenvalue weighted by Gasteiger charge is -2.07. The topological polar surface area (TPSA) is 7.94 Å². The molecule has 1 aromatic rings. The molecule has 0 fully saturated rings. The smallest absolute Gasteiger partial charge is 0.105 e. The average Bonchev–Trinajstić information content (AvgIpc) is 2.33. The van der Waals surface area contributed by atoms with Crippen LogP contribution in [0.15, 0.2) is 18.3 Å². The molecule has 0 spiro atoms. The van der Waals surface area contributed by atoms with E-state index in [0.717, 1.165) is 0 Å². The van der Waals surface area contributed by atoms with Crippen molar-refractivity contribution in [3.05, 3.63) is 31.1 Å². The van der Waals surface area contributed by atoms with E-state index in [-0.39, 0.29) is 0 Å². The number of rotatable bonds is 1. The molecule has 0 N–H and O–H groups in total. The van der Waals surface area contributed by atoms with Gasteiger partial charge in [0.25, 0.3) is 0 Å². The van der Waals surface area contributed by atoms with Crippen molar-refractivity contribution in [2.45, 2.75) is 6.92 Å². The van der Waals surface area contributed by atoms with E-state index >= 15 is 0 Å². The van der Waals surface area contributed by atoms with Crippen LogP contribution in [0, 0.1) is 7.05 Å². The van der Waals surface area contributed by atoms with Crippen LogP contribution >= 0.6 is 0 Å². The van der Waals surface area contributed by atoms with Gasteiger partial charge in [0.15, 0.2) is 0 Å². The predicted molar refractivity (Wildman–Crippen MR) is 46.7 cm³/mol. The average molecular weight is 150 g/mol. The second-order valence-corrected chi connectivity index (χ2v) is 2.79. The van der Waals surface area contributed by atoms with Crippen molar-refractivity contribution in [2.75, 3.05) is 7.05 Å². The van der Waals surface area contributed by atoms with Crippen LogP contribution in [0.3, 0.4) is 0 Å². The Bertz CT molecular complexity index is 278. The molecule has 0 radical (unpaired) electrons. The Morgan fingerprint density at radius 1 is 1.64 bits per heavy atom. The van der Waals surface area contributed by atoms with Crippen LogP contribution in [-0.4, -0.2) is 21.9 Å². The van der Waals surface area contributed by atoms with Crippen molar-refractivity contribution >= 4 is 5.71 Å². The monoisotopic (exact) mass is 150 g/mol. The van der Waals surface area contributed by atoms with E-state index in [1.807, 2.05) is 30.9 Å². The quantitative estimate of drug-likeness (QED) is 0.323. The molecule has 0 saturated heterocycles. The lowest BCUT2D eigenvalue weighted by molar-refractivity contribution is -0.430. The Hall–Kier alpha value is -1.18. The molecule has 0 bridgehead atoms. The summed E-state index contributed by atoms with van der Waals surface area (Å²) in [4.78, 5) is 0. The minimum Gasteiger partial charge on any atom is -0.367 e. The van der Waals surface area contributed by atoms with Gasteiger partial charge in [0.05, 0.1) is 5.71 Å². The summed E-state index contributed by atoms with van der Waals surface area (Å²) in [5.74, 6) is 0. The van der Waals surface area contributed by atoms with Gasteiger partial charge in [-0.3, -0.25) is 0 Å². The Labute approximate surface area is 67.8 Å². The van der Waals surface area contributed by atoms with E-state index in [2.05, 4.69) is 24.6 Å². The fraction of sp³-hybridized carbons (Fsp3) is 0.333. The van der Waals surface area contributed by atoms with Gasteiger partial charge >= 0.3 is 0 Å². The number of aromatic nitrogens is 1. The van der Waals surface area contributed by atoms with E-state index in [1.165, 1.54) is 11.4 Å². The van der Waals surface area contributed by atoms with Gasteiger partial charge in [-0.15, -0.1) is 0 Å². The summed E-state index contributed by atoms with van der Waals surface area (Å²) in [7, 11) is 7.80. The maximum Gasteiger partial charge on any atom is 0.105 e. The Kier molecular flexibility index (Phi) is 2.03. The molecule has 0 aliphatic heterocycles. The molecule has 1 heterocycles. The first-order chi connectivity index (χ1) is 5.13. The molecule has 11 heavy (non-hydrogen) atoms. The first-order valence-corrected chi connectivity index (χ1v) is 3.62. The SMILES string of the molecule is [CH2-]/[N+](C)=C(/C)c1cccn1C. The van der Waals surface area contributed by atoms with Crippen molar-refractivity contribution in [1.82, 2.24) is 4.57 Å².